The van der Waals surface area contributed by atoms with Crippen molar-refractivity contribution in [3.05, 3.63) is 0 Å². The molecule has 1 atom stereocenters. The van der Waals surface area contributed by atoms with Crippen molar-refractivity contribution in [3.63, 3.8) is 0 Å². The summed E-state index contributed by atoms with van der Waals surface area (Å²) in [4.78, 5) is 0. The van der Waals surface area contributed by atoms with Crippen LogP contribution < -0.4 is 5.73 Å². The second-order valence-electron chi connectivity index (χ2n) is 1.60. The van der Waals surface area contributed by atoms with Gasteiger partial charge in [-0.15, -0.1) is 0 Å². The van der Waals surface area contributed by atoms with E-state index in [0.717, 1.165) is 6.40 Å². The van der Waals surface area contributed by atoms with E-state index in [2.05, 4.69) is 4.65 Å². The van der Waals surface area contributed by atoms with Gasteiger partial charge in [0.1, 0.15) is 6.40 Å². The molecule has 0 aromatic rings. The molecule has 4 heteroatoms. The topological polar surface area (TPSA) is 59.1 Å². The zero-order valence-corrected chi connectivity index (χ0v) is 4.92. The fraction of sp³-hybridized carbons (Fsp3) is 0.750. The minimum absolute atomic E-state index is 0.233. The molecule has 3 nitrogen and oxygen atoms in total. The van der Waals surface area contributed by atoms with Crippen LogP contribution in [0.25, 0.3) is 0 Å². The van der Waals surface area contributed by atoms with E-state index in [1.807, 2.05) is 6.92 Å². The fourth-order valence-electron chi connectivity index (χ4n) is 0.229. The Kier molecular flexibility index (Phi) is 4.36. The molecule has 0 aliphatic heterocycles. The molecule has 0 fully saturated rings. The van der Waals surface area contributed by atoms with Crippen LogP contribution in [0.3, 0.4) is 0 Å². The van der Waals surface area contributed by atoms with Gasteiger partial charge in [0.25, 0.3) is 0 Å². The Bertz CT molecular complexity index is 69.1. The highest BCUT2D eigenvalue weighted by molar-refractivity contribution is 6.31. The lowest BCUT2D eigenvalue weighted by molar-refractivity contribution is 0.591. The van der Waals surface area contributed by atoms with Crippen molar-refractivity contribution in [1.29, 1.82) is 5.41 Å². The summed E-state index contributed by atoms with van der Waals surface area (Å²) in [6, 6.07) is 0. The average Bonchev–Trinajstić information content (AvgIpc) is 1.83. The molecule has 0 rings (SSSR count). The van der Waals surface area contributed by atoms with E-state index in [0.29, 0.717) is 6.54 Å². The van der Waals surface area contributed by atoms with E-state index in [9.17, 15) is 0 Å². The minimum Gasteiger partial charge on any atom is -0.555 e. The van der Waals surface area contributed by atoms with Crippen LogP contribution in [0.4, 0.5) is 0 Å². The minimum atomic E-state index is 0.233. The molecule has 0 spiro atoms. The van der Waals surface area contributed by atoms with Crippen LogP contribution in [0.15, 0.2) is 0 Å². The third-order valence-corrected chi connectivity index (χ3v) is 0.751. The SMILES string of the molecule is CC([B]OC=N)CN. The van der Waals surface area contributed by atoms with E-state index in [1.165, 1.54) is 7.48 Å². The van der Waals surface area contributed by atoms with Crippen LogP contribution in [0.5, 0.6) is 0 Å². The van der Waals surface area contributed by atoms with Crippen LogP contribution in [0.1, 0.15) is 6.92 Å². The highest BCUT2D eigenvalue weighted by atomic mass is 16.4. The largest absolute Gasteiger partial charge is 0.555 e. The van der Waals surface area contributed by atoms with Crippen LogP contribution in [0, 0.1) is 5.41 Å². The molecule has 0 saturated carbocycles. The number of hydrogen-bond acceptors (Lipinski definition) is 3. The molecular formula is C4H10BN2O. The predicted octanol–water partition coefficient (Wildman–Crippen LogP) is -0.00363. The molecule has 0 saturated heterocycles. The molecule has 0 aliphatic rings. The van der Waals surface area contributed by atoms with Crippen LogP contribution >= 0.6 is 0 Å². The maximum atomic E-state index is 6.45. The Labute approximate surface area is 50.0 Å². The summed E-state index contributed by atoms with van der Waals surface area (Å²) < 4.78 is 4.52. The lowest BCUT2D eigenvalue weighted by Crippen LogP contribution is -2.13. The van der Waals surface area contributed by atoms with Gasteiger partial charge in [0.15, 0.2) is 0 Å². The lowest BCUT2D eigenvalue weighted by atomic mass is 9.82. The first-order valence-electron chi connectivity index (χ1n) is 2.49. The summed E-state index contributed by atoms with van der Waals surface area (Å²) in [5.41, 5.74) is 5.23. The van der Waals surface area contributed by atoms with Gasteiger partial charge in [-0.1, -0.05) is 6.92 Å². The van der Waals surface area contributed by atoms with Gasteiger partial charge in [-0.3, -0.25) is 5.41 Å². The Morgan fingerprint density at radius 3 is 3.00 bits per heavy atom. The van der Waals surface area contributed by atoms with Crippen molar-refractivity contribution in [2.75, 3.05) is 6.54 Å². The van der Waals surface area contributed by atoms with Crippen LogP contribution in [0.2, 0.25) is 5.82 Å². The Balaban J connectivity index is 2.97. The van der Waals surface area contributed by atoms with E-state index < -0.39 is 0 Å². The molecule has 0 amide bonds. The maximum Gasteiger partial charge on any atom is 0.375 e. The quantitative estimate of drug-likeness (QED) is 0.306. The van der Waals surface area contributed by atoms with Gasteiger partial charge in [-0.2, -0.15) is 0 Å². The molecule has 1 unspecified atom stereocenters. The molecule has 0 aromatic heterocycles. The zero-order valence-electron chi connectivity index (χ0n) is 4.92. The molecule has 0 aromatic carbocycles. The van der Waals surface area contributed by atoms with Crippen molar-refractivity contribution < 1.29 is 4.65 Å². The van der Waals surface area contributed by atoms with Crippen molar-refractivity contribution in [1.82, 2.24) is 0 Å². The molecule has 0 aliphatic carbocycles. The van der Waals surface area contributed by atoms with Gasteiger partial charge in [-0.25, -0.2) is 0 Å². The zero-order chi connectivity index (χ0) is 6.41. The first-order valence-corrected chi connectivity index (χ1v) is 2.49. The monoisotopic (exact) mass is 113 g/mol. The fourth-order valence-corrected chi connectivity index (χ4v) is 0.229. The van der Waals surface area contributed by atoms with E-state index in [1.54, 1.807) is 0 Å². The summed E-state index contributed by atoms with van der Waals surface area (Å²) in [6.07, 6.45) is 0.881. The van der Waals surface area contributed by atoms with E-state index >= 15 is 0 Å². The molecule has 0 heterocycles. The number of rotatable bonds is 4. The summed E-state index contributed by atoms with van der Waals surface area (Å²) in [6.45, 7) is 2.48. The van der Waals surface area contributed by atoms with E-state index in [4.69, 9.17) is 11.1 Å². The smallest absolute Gasteiger partial charge is 0.375 e. The molecular weight excluding hydrogens is 103 g/mol. The molecule has 1 radical (unpaired) electrons. The first kappa shape index (κ1) is 7.49. The van der Waals surface area contributed by atoms with Crippen molar-refractivity contribution in [3.8, 4) is 0 Å². The molecule has 45 valence electrons. The number of nitrogens with two attached hydrogens (primary N) is 1. The highest BCUT2D eigenvalue weighted by Crippen LogP contribution is 1.94. The second kappa shape index (κ2) is 4.65. The van der Waals surface area contributed by atoms with Crippen molar-refractivity contribution in [2.45, 2.75) is 12.7 Å². The third kappa shape index (κ3) is 3.68. The third-order valence-electron chi connectivity index (χ3n) is 0.751. The number of nitrogens with one attached hydrogen (secondary N) is 1. The van der Waals surface area contributed by atoms with Gasteiger partial charge in [0.2, 0.25) is 0 Å². The summed E-state index contributed by atoms with van der Waals surface area (Å²) in [7, 11) is 1.53. The molecule has 3 N–H and O–H groups in total. The Morgan fingerprint density at radius 1 is 2.00 bits per heavy atom. The first-order chi connectivity index (χ1) is 3.81. The summed E-state index contributed by atoms with van der Waals surface area (Å²) in [5, 5.41) is 6.45. The lowest BCUT2D eigenvalue weighted by Gasteiger charge is -2.01. The average molecular weight is 113 g/mol. The second-order valence-corrected chi connectivity index (χ2v) is 1.60. The highest BCUT2D eigenvalue weighted by Gasteiger charge is 2.00. The van der Waals surface area contributed by atoms with Gasteiger partial charge in [0, 0.05) is 0 Å². The van der Waals surface area contributed by atoms with Crippen molar-refractivity contribution >= 4 is 13.9 Å². The Hall–Kier alpha value is -0.505. The standard InChI is InChI=1S/C4H10BN2O/c1-4(2-6)5-8-3-7/h3-4,7H,2,6H2,1H3. The van der Waals surface area contributed by atoms with Gasteiger partial charge in [0.05, 0.1) is 0 Å². The molecule has 0 bridgehead atoms. The van der Waals surface area contributed by atoms with Crippen LogP contribution in [-0.2, 0) is 4.65 Å². The van der Waals surface area contributed by atoms with Crippen LogP contribution in [-0.4, -0.2) is 20.4 Å². The van der Waals surface area contributed by atoms with E-state index in [-0.39, 0.29) is 5.82 Å². The van der Waals surface area contributed by atoms with Crippen molar-refractivity contribution in [2.24, 2.45) is 5.73 Å². The van der Waals surface area contributed by atoms with Gasteiger partial charge in [-0.05, 0) is 12.4 Å². The molecule has 8 heavy (non-hydrogen) atoms. The summed E-state index contributed by atoms with van der Waals surface area (Å²) >= 11 is 0. The Morgan fingerprint density at radius 2 is 2.62 bits per heavy atom. The summed E-state index contributed by atoms with van der Waals surface area (Å²) in [5.74, 6) is 0.233. The number of hydrogen-bond donors (Lipinski definition) is 2. The van der Waals surface area contributed by atoms with Gasteiger partial charge < -0.3 is 10.4 Å². The predicted molar refractivity (Wildman–Crippen MR) is 34.1 cm³/mol. The maximum absolute atomic E-state index is 6.45. The van der Waals surface area contributed by atoms with Gasteiger partial charge >= 0.3 is 7.48 Å². The normalized spacial score (nSPS) is 12.2.